The second-order valence-corrected chi connectivity index (χ2v) is 8.42. The Hall–Kier alpha value is -2.09. The van der Waals surface area contributed by atoms with Crippen LogP contribution in [0.4, 0.5) is 0 Å². The first kappa shape index (κ1) is 17.0. The molecule has 1 fully saturated rings. The third-order valence-electron chi connectivity index (χ3n) is 5.19. The van der Waals surface area contributed by atoms with E-state index in [0.29, 0.717) is 6.54 Å². The average molecular weight is 488 g/mol. The molecule has 2 atom stereocenters. The molecule has 0 bridgehead atoms. The van der Waals surface area contributed by atoms with Crippen LogP contribution in [0.1, 0.15) is 23.2 Å². The number of aromatic amines is 2. The number of amides is 1. The van der Waals surface area contributed by atoms with Gasteiger partial charge in [-0.3, -0.25) is 10.1 Å². The average Bonchev–Trinajstić information content (AvgIpc) is 3.28. The molecular weight excluding hydrogens is 472 g/mol. The molecule has 2 aromatic carbocycles. The molecule has 1 aliphatic heterocycles. The molecule has 0 radical (unpaired) electrons. The Bertz CT molecular complexity index is 1180. The maximum Gasteiger partial charge on any atom is 0.241 e. The molecule has 2 unspecified atom stereocenters. The lowest BCUT2D eigenvalue weighted by molar-refractivity contribution is -0.125. The van der Waals surface area contributed by atoms with Crippen molar-refractivity contribution in [1.29, 1.82) is 0 Å². The fraction of sp³-hybridized carbons (Fsp3) is 0.150. The van der Waals surface area contributed by atoms with Crippen LogP contribution in [0.25, 0.3) is 21.8 Å². The molecule has 0 spiro atoms. The number of piperazine rings is 1. The van der Waals surface area contributed by atoms with Crippen LogP contribution in [0.15, 0.2) is 57.7 Å². The number of carbonyl (C=O) groups is 1. The number of halogens is 2. The van der Waals surface area contributed by atoms with E-state index in [2.05, 4.69) is 58.5 Å². The molecule has 3 heterocycles. The van der Waals surface area contributed by atoms with Gasteiger partial charge in [-0.1, -0.05) is 24.3 Å². The predicted octanol–water partition coefficient (Wildman–Crippen LogP) is 4.68. The molecule has 136 valence electrons. The Labute approximate surface area is 172 Å². The van der Waals surface area contributed by atoms with E-state index in [9.17, 15) is 4.79 Å². The topological polar surface area (TPSA) is 72.7 Å². The predicted molar refractivity (Wildman–Crippen MR) is 114 cm³/mol. The smallest absolute Gasteiger partial charge is 0.241 e. The summed E-state index contributed by atoms with van der Waals surface area (Å²) in [6.45, 7) is 0.556. The zero-order valence-electron chi connectivity index (χ0n) is 14.1. The summed E-state index contributed by atoms with van der Waals surface area (Å²) in [5.41, 5.74) is 4.17. The monoisotopic (exact) mass is 486 g/mol. The van der Waals surface area contributed by atoms with Gasteiger partial charge in [0.15, 0.2) is 0 Å². The van der Waals surface area contributed by atoms with Gasteiger partial charge in [0.1, 0.15) is 6.04 Å². The number of carbonyl (C=O) groups excluding carboxylic acids is 1. The van der Waals surface area contributed by atoms with E-state index < -0.39 is 6.04 Å². The van der Waals surface area contributed by atoms with E-state index in [-0.39, 0.29) is 11.9 Å². The summed E-state index contributed by atoms with van der Waals surface area (Å²) in [6.07, 6.45) is 3.94. The minimum absolute atomic E-state index is 0.00635. The summed E-state index contributed by atoms with van der Waals surface area (Å²) >= 11 is 7.16. The lowest BCUT2D eigenvalue weighted by Crippen LogP contribution is -2.49. The van der Waals surface area contributed by atoms with Gasteiger partial charge in [-0.25, -0.2) is 0 Å². The van der Waals surface area contributed by atoms with Gasteiger partial charge in [0.25, 0.3) is 0 Å². The van der Waals surface area contributed by atoms with Crippen molar-refractivity contribution in [2.45, 2.75) is 12.1 Å². The normalized spacial score (nSPS) is 20.3. The number of H-pyrrole nitrogens is 2. The number of rotatable bonds is 2. The lowest BCUT2D eigenvalue weighted by Gasteiger charge is -2.31. The minimum atomic E-state index is -0.413. The molecule has 7 heteroatoms. The molecule has 2 aromatic heterocycles. The largest absolute Gasteiger partial charge is 0.360 e. The number of fused-ring (bicyclic) bond motifs is 2. The highest BCUT2D eigenvalue weighted by Gasteiger charge is 2.32. The number of hydrogen-bond acceptors (Lipinski definition) is 2. The van der Waals surface area contributed by atoms with Crippen molar-refractivity contribution >= 4 is 59.6 Å². The zero-order valence-corrected chi connectivity index (χ0v) is 17.3. The Morgan fingerprint density at radius 2 is 1.44 bits per heavy atom. The van der Waals surface area contributed by atoms with Crippen LogP contribution in [-0.2, 0) is 4.79 Å². The van der Waals surface area contributed by atoms with Gasteiger partial charge in [-0.05, 0) is 49.6 Å². The van der Waals surface area contributed by atoms with Gasteiger partial charge in [-0.2, -0.15) is 0 Å². The molecule has 1 amide bonds. The van der Waals surface area contributed by atoms with Crippen molar-refractivity contribution in [2.75, 3.05) is 6.54 Å². The molecule has 0 saturated carbocycles. The first-order valence-corrected chi connectivity index (χ1v) is 10.3. The van der Waals surface area contributed by atoms with Crippen molar-refractivity contribution in [2.24, 2.45) is 0 Å². The van der Waals surface area contributed by atoms with Crippen molar-refractivity contribution < 1.29 is 4.79 Å². The van der Waals surface area contributed by atoms with E-state index in [4.69, 9.17) is 0 Å². The van der Waals surface area contributed by atoms with Gasteiger partial charge < -0.3 is 15.3 Å². The molecule has 1 saturated heterocycles. The first-order chi connectivity index (χ1) is 13.1. The van der Waals surface area contributed by atoms with Crippen LogP contribution in [0.2, 0.25) is 0 Å². The molecular formula is C20H16Br2N4O. The highest BCUT2D eigenvalue weighted by molar-refractivity contribution is 9.11. The van der Waals surface area contributed by atoms with Crippen LogP contribution in [0.3, 0.4) is 0 Å². The molecule has 0 aliphatic carbocycles. The molecule has 4 aromatic rings. The quantitative estimate of drug-likeness (QED) is 0.331. The van der Waals surface area contributed by atoms with Crippen LogP contribution in [-0.4, -0.2) is 22.4 Å². The second kappa shape index (κ2) is 6.51. The minimum Gasteiger partial charge on any atom is -0.360 e. The summed E-state index contributed by atoms with van der Waals surface area (Å²) in [6, 6.07) is 11.8. The summed E-state index contributed by atoms with van der Waals surface area (Å²) in [5.74, 6) is -0.00635. The maximum atomic E-state index is 12.6. The van der Waals surface area contributed by atoms with E-state index >= 15 is 0 Å². The van der Waals surface area contributed by atoms with Crippen LogP contribution < -0.4 is 10.6 Å². The van der Waals surface area contributed by atoms with Crippen molar-refractivity contribution in [3.8, 4) is 0 Å². The summed E-state index contributed by atoms with van der Waals surface area (Å²) in [7, 11) is 0. The zero-order chi connectivity index (χ0) is 18.5. The molecule has 5 nitrogen and oxygen atoms in total. The first-order valence-electron chi connectivity index (χ1n) is 8.68. The summed E-state index contributed by atoms with van der Waals surface area (Å²) in [5, 5.41) is 8.81. The molecule has 27 heavy (non-hydrogen) atoms. The third-order valence-corrected chi connectivity index (χ3v) is 6.51. The number of nitrogens with one attached hydrogen (secondary N) is 4. The van der Waals surface area contributed by atoms with Gasteiger partial charge in [0, 0.05) is 44.2 Å². The Morgan fingerprint density at radius 1 is 0.852 bits per heavy atom. The van der Waals surface area contributed by atoms with Gasteiger partial charge >= 0.3 is 0 Å². The van der Waals surface area contributed by atoms with E-state index in [1.54, 1.807) is 0 Å². The highest BCUT2D eigenvalue weighted by atomic mass is 79.9. The Kier molecular flexibility index (Phi) is 4.11. The van der Waals surface area contributed by atoms with E-state index in [1.165, 1.54) is 0 Å². The van der Waals surface area contributed by atoms with Crippen molar-refractivity contribution in [3.63, 3.8) is 0 Å². The number of para-hydroxylation sites is 2. The van der Waals surface area contributed by atoms with Crippen LogP contribution in [0.5, 0.6) is 0 Å². The van der Waals surface area contributed by atoms with Crippen molar-refractivity contribution in [3.05, 3.63) is 68.9 Å². The SMILES string of the molecule is O=C1NCC(c2c[nH]c3c(Br)cccc23)NC1c1c[nH]c2c(Br)cccc12. The fourth-order valence-corrected chi connectivity index (χ4v) is 4.84. The number of benzene rings is 2. The number of hydrogen-bond donors (Lipinski definition) is 4. The van der Waals surface area contributed by atoms with Crippen LogP contribution >= 0.6 is 31.9 Å². The molecule has 4 N–H and O–H groups in total. The van der Waals surface area contributed by atoms with Crippen LogP contribution in [0, 0.1) is 0 Å². The third kappa shape index (κ3) is 2.72. The van der Waals surface area contributed by atoms with E-state index in [0.717, 1.165) is 41.9 Å². The second-order valence-electron chi connectivity index (χ2n) is 6.71. The fourth-order valence-electron chi connectivity index (χ4n) is 3.88. The highest BCUT2D eigenvalue weighted by Crippen LogP contribution is 2.34. The molecule has 5 rings (SSSR count). The van der Waals surface area contributed by atoms with E-state index in [1.807, 2.05) is 42.7 Å². The van der Waals surface area contributed by atoms with Gasteiger partial charge in [0.05, 0.1) is 17.1 Å². The Balaban J connectivity index is 1.55. The maximum absolute atomic E-state index is 12.6. The van der Waals surface area contributed by atoms with Crippen molar-refractivity contribution in [1.82, 2.24) is 20.6 Å². The summed E-state index contributed by atoms with van der Waals surface area (Å²) < 4.78 is 2.02. The van der Waals surface area contributed by atoms with Gasteiger partial charge in [-0.15, -0.1) is 0 Å². The van der Waals surface area contributed by atoms with Gasteiger partial charge in [0.2, 0.25) is 5.91 Å². The number of aromatic nitrogens is 2. The lowest BCUT2D eigenvalue weighted by atomic mass is 9.98. The summed E-state index contributed by atoms with van der Waals surface area (Å²) in [4.78, 5) is 19.3. The Morgan fingerprint density at radius 3 is 2.11 bits per heavy atom. The standard InChI is InChI=1S/C20H16Br2N4O/c21-14-5-1-3-10-12(7-23-17(10)14)16-9-25-20(27)19(26-16)13-8-24-18-11(13)4-2-6-15(18)22/h1-8,16,19,23-24,26H,9H2,(H,25,27). The molecule has 1 aliphatic rings.